The van der Waals surface area contributed by atoms with Crippen LogP contribution >= 0.6 is 0 Å². The summed E-state index contributed by atoms with van der Waals surface area (Å²) in [7, 11) is 2.03. The van der Waals surface area contributed by atoms with Gasteiger partial charge in [-0.15, -0.1) is 0 Å². The molecule has 1 heterocycles. The van der Waals surface area contributed by atoms with Gasteiger partial charge in [-0.2, -0.15) is 0 Å². The Bertz CT molecular complexity index is 622. The molecule has 0 spiro atoms. The number of allylic oxidation sites excluding steroid dienone is 5. The van der Waals surface area contributed by atoms with Crippen LogP contribution < -0.4 is 10.6 Å². The Morgan fingerprint density at radius 2 is 1.94 bits per heavy atom. The minimum atomic E-state index is 1.02. The predicted molar refractivity (Wildman–Crippen MR) is 82.6 cm³/mol. The predicted octanol–water partition coefficient (Wildman–Crippen LogP) is 2.86. The van der Waals surface area contributed by atoms with Gasteiger partial charge in [0, 0.05) is 28.9 Å². The van der Waals surface area contributed by atoms with Gasteiger partial charge >= 0.3 is 0 Å². The molecule has 0 amide bonds. The van der Waals surface area contributed by atoms with Crippen LogP contribution in [0.1, 0.15) is 18.2 Å². The van der Waals surface area contributed by atoms with Crippen molar-refractivity contribution in [2.45, 2.75) is 13.8 Å². The van der Waals surface area contributed by atoms with Crippen molar-refractivity contribution < 1.29 is 0 Å². The third-order valence-corrected chi connectivity index (χ3v) is 2.94. The molecule has 0 aromatic carbocycles. The van der Waals surface area contributed by atoms with Crippen molar-refractivity contribution in [2.24, 2.45) is 7.05 Å². The van der Waals surface area contributed by atoms with Crippen LogP contribution in [0.25, 0.3) is 18.7 Å². The number of aromatic nitrogens is 1. The van der Waals surface area contributed by atoms with E-state index in [0.29, 0.717) is 0 Å². The maximum absolute atomic E-state index is 4.12. The van der Waals surface area contributed by atoms with Crippen LogP contribution in [0.2, 0.25) is 0 Å². The van der Waals surface area contributed by atoms with Crippen LogP contribution in [-0.2, 0) is 7.05 Å². The number of hydrogen-bond donors (Lipinski definition) is 0. The van der Waals surface area contributed by atoms with Crippen molar-refractivity contribution in [3.63, 3.8) is 0 Å². The SMILES string of the molecule is C=C/C=C\C=c1\c(/C=C\C(=C)C)c(C)n(C)c1=C. The fourth-order valence-electron chi connectivity index (χ4n) is 1.77. The highest BCUT2D eigenvalue weighted by Crippen LogP contribution is 2.04. The van der Waals surface area contributed by atoms with E-state index in [2.05, 4.69) is 43.4 Å². The van der Waals surface area contributed by atoms with Crippen molar-refractivity contribution in [3.05, 3.63) is 64.9 Å². The Morgan fingerprint density at radius 3 is 2.50 bits per heavy atom. The smallest absolute Gasteiger partial charge is 0.0413 e. The molecule has 1 rings (SSSR count). The summed E-state index contributed by atoms with van der Waals surface area (Å²) in [6.07, 6.45) is 11.8. The molecule has 0 unspecified atom stereocenters. The average molecular weight is 239 g/mol. The molecule has 1 heteroatoms. The Balaban J connectivity index is 3.49. The molecule has 0 saturated heterocycles. The third kappa shape index (κ3) is 3.01. The Labute approximate surface area is 109 Å². The molecule has 0 saturated carbocycles. The van der Waals surface area contributed by atoms with Crippen molar-refractivity contribution >= 4 is 18.7 Å². The summed E-state index contributed by atoms with van der Waals surface area (Å²) in [5.74, 6) is 0. The van der Waals surface area contributed by atoms with E-state index in [1.165, 1.54) is 11.3 Å². The zero-order valence-corrected chi connectivity index (χ0v) is 11.5. The van der Waals surface area contributed by atoms with E-state index in [1.54, 1.807) is 6.08 Å². The molecule has 0 aliphatic rings. The summed E-state index contributed by atoms with van der Waals surface area (Å²) in [5, 5.41) is 2.16. The lowest BCUT2D eigenvalue weighted by atomic mass is 10.1. The van der Waals surface area contributed by atoms with E-state index in [9.17, 15) is 0 Å². The van der Waals surface area contributed by atoms with Gasteiger partial charge in [-0.3, -0.25) is 0 Å². The summed E-state index contributed by atoms with van der Waals surface area (Å²) in [5.41, 5.74) is 3.44. The van der Waals surface area contributed by atoms with Gasteiger partial charge in [-0.05, 0) is 13.8 Å². The van der Waals surface area contributed by atoms with Crippen LogP contribution in [0.4, 0.5) is 0 Å². The zero-order chi connectivity index (χ0) is 13.7. The number of rotatable bonds is 4. The minimum Gasteiger partial charge on any atom is -0.348 e. The van der Waals surface area contributed by atoms with Gasteiger partial charge in [0.05, 0.1) is 0 Å². The first-order chi connectivity index (χ1) is 8.49. The Morgan fingerprint density at radius 1 is 1.28 bits per heavy atom. The summed E-state index contributed by atoms with van der Waals surface area (Å²) in [6.45, 7) is 15.8. The first-order valence-corrected chi connectivity index (χ1v) is 5.96. The third-order valence-electron chi connectivity index (χ3n) is 2.94. The van der Waals surface area contributed by atoms with Crippen molar-refractivity contribution in [2.75, 3.05) is 0 Å². The molecular weight excluding hydrogens is 218 g/mol. The van der Waals surface area contributed by atoms with E-state index in [1.807, 2.05) is 32.2 Å². The summed E-state index contributed by atoms with van der Waals surface area (Å²) in [4.78, 5) is 0. The highest BCUT2D eigenvalue weighted by Gasteiger charge is 2.03. The minimum absolute atomic E-state index is 1.02. The van der Waals surface area contributed by atoms with Crippen LogP contribution in [0.3, 0.4) is 0 Å². The van der Waals surface area contributed by atoms with Crippen LogP contribution in [-0.4, -0.2) is 4.57 Å². The van der Waals surface area contributed by atoms with Crippen LogP contribution in [0.15, 0.2) is 43.0 Å². The maximum atomic E-state index is 4.12. The topological polar surface area (TPSA) is 4.93 Å². The van der Waals surface area contributed by atoms with E-state index < -0.39 is 0 Å². The highest BCUT2D eigenvalue weighted by molar-refractivity contribution is 5.59. The van der Waals surface area contributed by atoms with Crippen LogP contribution in [0.5, 0.6) is 0 Å². The van der Waals surface area contributed by atoms with Gasteiger partial charge in [0.1, 0.15) is 0 Å². The summed E-state index contributed by atoms with van der Waals surface area (Å²) >= 11 is 0. The highest BCUT2D eigenvalue weighted by atomic mass is 14.9. The maximum Gasteiger partial charge on any atom is 0.0413 e. The van der Waals surface area contributed by atoms with Crippen molar-refractivity contribution in [1.29, 1.82) is 0 Å². The molecule has 94 valence electrons. The molecule has 1 aromatic rings. The zero-order valence-electron chi connectivity index (χ0n) is 11.5. The molecule has 18 heavy (non-hydrogen) atoms. The summed E-state index contributed by atoms with van der Waals surface area (Å²) < 4.78 is 2.10. The molecule has 0 fully saturated rings. The van der Waals surface area contributed by atoms with E-state index >= 15 is 0 Å². The molecule has 0 atom stereocenters. The second-order valence-electron chi connectivity index (χ2n) is 4.39. The quantitative estimate of drug-likeness (QED) is 0.712. The van der Waals surface area contributed by atoms with Gasteiger partial charge in [0.2, 0.25) is 0 Å². The largest absolute Gasteiger partial charge is 0.348 e. The van der Waals surface area contributed by atoms with Gasteiger partial charge in [0.25, 0.3) is 0 Å². The second-order valence-corrected chi connectivity index (χ2v) is 4.39. The fraction of sp³-hybridized carbons (Fsp3) is 0.176. The average Bonchev–Trinajstić information content (AvgIpc) is 2.52. The molecule has 0 N–H and O–H groups in total. The lowest BCUT2D eigenvalue weighted by Gasteiger charge is -1.96. The number of hydrogen-bond acceptors (Lipinski definition) is 0. The Hall–Kier alpha value is -2.02. The lowest BCUT2D eigenvalue weighted by molar-refractivity contribution is 0.850. The summed E-state index contributed by atoms with van der Waals surface area (Å²) in [6, 6.07) is 0. The first kappa shape index (κ1) is 14.0. The Kier molecular flexibility index (Phi) is 4.73. The van der Waals surface area contributed by atoms with E-state index in [-0.39, 0.29) is 0 Å². The second kappa shape index (κ2) is 6.06. The van der Waals surface area contributed by atoms with E-state index in [4.69, 9.17) is 0 Å². The fourth-order valence-corrected chi connectivity index (χ4v) is 1.77. The normalized spacial score (nSPS) is 12.7. The number of nitrogens with zero attached hydrogens (tertiary/aromatic N) is 1. The molecular formula is C17H21N. The molecule has 0 aliphatic carbocycles. The van der Waals surface area contributed by atoms with Gasteiger partial charge in [-0.1, -0.05) is 61.8 Å². The van der Waals surface area contributed by atoms with Crippen LogP contribution in [0, 0.1) is 6.92 Å². The van der Waals surface area contributed by atoms with Gasteiger partial charge in [-0.25, -0.2) is 0 Å². The molecule has 1 aromatic heterocycles. The molecule has 0 bridgehead atoms. The van der Waals surface area contributed by atoms with E-state index in [0.717, 1.165) is 16.1 Å². The first-order valence-electron chi connectivity index (χ1n) is 5.96. The molecule has 1 nitrogen and oxygen atoms in total. The molecule has 0 aliphatic heterocycles. The lowest BCUT2D eigenvalue weighted by Crippen LogP contribution is -2.26. The van der Waals surface area contributed by atoms with Gasteiger partial charge in [0.15, 0.2) is 0 Å². The van der Waals surface area contributed by atoms with Crippen molar-refractivity contribution in [1.82, 2.24) is 4.57 Å². The standard InChI is InChI=1S/C17H21N/c1-7-8-9-10-16-14(4)18(6)15(5)17(16)12-11-13(2)3/h7-12H,1-2,4H2,3,5-6H3/b9-8-,12-11-,16-10+. The monoisotopic (exact) mass is 239 g/mol. The van der Waals surface area contributed by atoms with Gasteiger partial charge < -0.3 is 4.57 Å². The van der Waals surface area contributed by atoms with Crippen molar-refractivity contribution in [3.8, 4) is 0 Å². The molecule has 0 radical (unpaired) electrons.